The summed E-state index contributed by atoms with van der Waals surface area (Å²) in [6.45, 7) is 1.36. The Kier molecular flexibility index (Phi) is 4.34. The molecule has 1 aliphatic rings. The second-order valence-electron chi connectivity index (χ2n) is 4.39. The monoisotopic (exact) mass is 259 g/mol. The highest BCUT2D eigenvalue weighted by molar-refractivity contribution is 5.73. The zero-order valence-electron chi connectivity index (χ0n) is 10.6. The van der Waals surface area contributed by atoms with E-state index in [9.17, 15) is 9.18 Å². The SMILES string of the molecule is COC1=CC(CC(N)C(=O)O)C(C)(F)C=C1OC. The molecule has 0 aromatic rings. The third-order valence-electron chi connectivity index (χ3n) is 3.00. The van der Waals surface area contributed by atoms with Crippen LogP contribution in [0.15, 0.2) is 23.7 Å². The summed E-state index contributed by atoms with van der Waals surface area (Å²) in [4.78, 5) is 10.7. The highest BCUT2D eigenvalue weighted by atomic mass is 19.1. The Labute approximate surface area is 105 Å². The van der Waals surface area contributed by atoms with Crippen molar-refractivity contribution in [1.29, 1.82) is 0 Å². The van der Waals surface area contributed by atoms with E-state index in [0.29, 0.717) is 11.5 Å². The van der Waals surface area contributed by atoms with Crippen molar-refractivity contribution in [3.63, 3.8) is 0 Å². The van der Waals surface area contributed by atoms with Crippen LogP contribution in [0.1, 0.15) is 13.3 Å². The fourth-order valence-electron chi connectivity index (χ4n) is 1.86. The van der Waals surface area contributed by atoms with Crippen molar-refractivity contribution >= 4 is 5.97 Å². The fourth-order valence-corrected chi connectivity index (χ4v) is 1.86. The normalized spacial score (nSPS) is 29.1. The topological polar surface area (TPSA) is 81.8 Å². The zero-order valence-corrected chi connectivity index (χ0v) is 10.6. The summed E-state index contributed by atoms with van der Waals surface area (Å²) in [6, 6.07) is -1.11. The third kappa shape index (κ3) is 3.01. The van der Waals surface area contributed by atoms with Gasteiger partial charge in [0, 0.05) is 5.92 Å². The molecule has 0 aromatic carbocycles. The number of hydrogen-bond donors (Lipinski definition) is 2. The Morgan fingerprint density at radius 1 is 1.56 bits per heavy atom. The van der Waals surface area contributed by atoms with Gasteiger partial charge in [0.2, 0.25) is 0 Å². The summed E-state index contributed by atoms with van der Waals surface area (Å²) in [7, 11) is 2.85. The highest BCUT2D eigenvalue weighted by Crippen LogP contribution is 2.37. The molecule has 0 saturated carbocycles. The largest absolute Gasteiger partial charge is 0.493 e. The molecule has 102 valence electrons. The van der Waals surface area contributed by atoms with Crippen LogP contribution in [0.3, 0.4) is 0 Å². The standard InChI is InChI=1S/C12H18FNO4/c1-12(13)6-10(18-3)9(17-2)5-7(12)4-8(14)11(15)16/h5-8H,4,14H2,1-3H3,(H,15,16). The van der Waals surface area contributed by atoms with Crippen molar-refractivity contribution in [2.75, 3.05) is 14.2 Å². The average molecular weight is 259 g/mol. The van der Waals surface area contributed by atoms with Gasteiger partial charge < -0.3 is 20.3 Å². The maximum Gasteiger partial charge on any atom is 0.320 e. The summed E-state index contributed by atoms with van der Waals surface area (Å²) in [5, 5.41) is 8.76. The number of carbonyl (C=O) groups is 1. The van der Waals surface area contributed by atoms with Crippen molar-refractivity contribution in [1.82, 2.24) is 0 Å². The summed E-state index contributed by atoms with van der Waals surface area (Å²) in [5.74, 6) is -1.14. The maximum absolute atomic E-state index is 14.4. The molecule has 0 spiro atoms. The lowest BCUT2D eigenvalue weighted by Gasteiger charge is -2.31. The van der Waals surface area contributed by atoms with Gasteiger partial charge in [-0.3, -0.25) is 4.79 Å². The third-order valence-corrected chi connectivity index (χ3v) is 3.00. The van der Waals surface area contributed by atoms with Crippen LogP contribution in [0.4, 0.5) is 4.39 Å². The van der Waals surface area contributed by atoms with E-state index in [4.69, 9.17) is 20.3 Å². The lowest BCUT2D eigenvalue weighted by atomic mass is 9.81. The lowest BCUT2D eigenvalue weighted by Crippen LogP contribution is -2.39. The van der Waals surface area contributed by atoms with Gasteiger partial charge in [0.05, 0.1) is 14.2 Å². The fraction of sp³-hybridized carbons (Fsp3) is 0.583. The molecule has 1 aliphatic carbocycles. The molecule has 0 aliphatic heterocycles. The highest BCUT2D eigenvalue weighted by Gasteiger charge is 2.38. The number of allylic oxidation sites excluding steroid dienone is 2. The van der Waals surface area contributed by atoms with Crippen molar-refractivity contribution in [2.45, 2.75) is 25.1 Å². The molecule has 0 saturated heterocycles. The van der Waals surface area contributed by atoms with E-state index in [1.165, 1.54) is 33.3 Å². The quantitative estimate of drug-likeness (QED) is 0.775. The van der Waals surface area contributed by atoms with Crippen molar-refractivity contribution in [3.05, 3.63) is 23.7 Å². The van der Waals surface area contributed by atoms with Crippen LogP contribution in [-0.2, 0) is 14.3 Å². The smallest absolute Gasteiger partial charge is 0.320 e. The number of alkyl halides is 1. The Hall–Kier alpha value is -1.56. The van der Waals surface area contributed by atoms with Gasteiger partial charge in [-0.25, -0.2) is 4.39 Å². The Bertz CT molecular complexity index is 390. The first-order chi connectivity index (χ1) is 8.31. The van der Waals surface area contributed by atoms with E-state index < -0.39 is 23.6 Å². The number of hydrogen-bond acceptors (Lipinski definition) is 4. The molecule has 0 amide bonds. The average Bonchev–Trinajstić information content (AvgIpc) is 2.30. The van der Waals surface area contributed by atoms with Crippen LogP contribution >= 0.6 is 0 Å². The molecule has 0 aromatic heterocycles. The predicted octanol–water partition coefficient (Wildman–Crippen LogP) is 1.21. The molecular weight excluding hydrogens is 241 g/mol. The molecule has 0 fully saturated rings. The Morgan fingerprint density at radius 2 is 2.11 bits per heavy atom. The molecule has 0 bridgehead atoms. The molecule has 0 radical (unpaired) electrons. The maximum atomic E-state index is 14.4. The minimum Gasteiger partial charge on any atom is -0.493 e. The first kappa shape index (κ1) is 14.5. The summed E-state index contributed by atoms with van der Waals surface area (Å²) < 4.78 is 24.5. The minimum absolute atomic E-state index is 0.0112. The van der Waals surface area contributed by atoms with Gasteiger partial charge in [-0.1, -0.05) is 0 Å². The molecular formula is C12H18FNO4. The van der Waals surface area contributed by atoms with Gasteiger partial charge in [-0.15, -0.1) is 0 Å². The Morgan fingerprint density at radius 3 is 2.56 bits per heavy atom. The number of carboxylic acids is 1. The van der Waals surface area contributed by atoms with Crippen LogP contribution in [0, 0.1) is 5.92 Å². The van der Waals surface area contributed by atoms with E-state index >= 15 is 0 Å². The number of halogens is 1. The van der Waals surface area contributed by atoms with Gasteiger partial charge in [0.15, 0.2) is 11.5 Å². The molecule has 6 heteroatoms. The number of ether oxygens (including phenoxy) is 2. The van der Waals surface area contributed by atoms with Gasteiger partial charge >= 0.3 is 5.97 Å². The second kappa shape index (κ2) is 5.39. The van der Waals surface area contributed by atoms with Gasteiger partial charge in [-0.2, -0.15) is 0 Å². The zero-order chi connectivity index (χ0) is 13.9. The van der Waals surface area contributed by atoms with Gasteiger partial charge in [-0.05, 0) is 25.5 Å². The summed E-state index contributed by atoms with van der Waals surface area (Å²) in [5.41, 5.74) is 3.71. The minimum atomic E-state index is -1.72. The van der Waals surface area contributed by atoms with Crippen molar-refractivity contribution in [3.8, 4) is 0 Å². The summed E-state index contributed by atoms with van der Waals surface area (Å²) in [6.07, 6.45) is 2.79. The predicted molar refractivity (Wildman–Crippen MR) is 63.4 cm³/mol. The van der Waals surface area contributed by atoms with E-state index in [-0.39, 0.29) is 6.42 Å². The molecule has 3 N–H and O–H groups in total. The first-order valence-corrected chi connectivity index (χ1v) is 5.52. The molecule has 1 rings (SSSR count). The summed E-state index contributed by atoms with van der Waals surface area (Å²) >= 11 is 0. The van der Waals surface area contributed by atoms with E-state index in [0.717, 1.165) is 0 Å². The van der Waals surface area contributed by atoms with E-state index in [1.54, 1.807) is 0 Å². The van der Waals surface area contributed by atoms with Crippen LogP contribution in [-0.4, -0.2) is 37.0 Å². The van der Waals surface area contributed by atoms with Crippen molar-refractivity contribution < 1.29 is 23.8 Å². The van der Waals surface area contributed by atoms with Gasteiger partial charge in [0.25, 0.3) is 0 Å². The Balaban J connectivity index is 2.96. The molecule has 3 unspecified atom stereocenters. The molecule has 5 nitrogen and oxygen atoms in total. The molecule has 3 atom stereocenters. The van der Waals surface area contributed by atoms with Crippen LogP contribution in [0.2, 0.25) is 0 Å². The van der Waals surface area contributed by atoms with Crippen molar-refractivity contribution in [2.24, 2.45) is 11.7 Å². The number of aliphatic carboxylic acids is 1. The second-order valence-corrected chi connectivity index (χ2v) is 4.39. The van der Waals surface area contributed by atoms with E-state index in [1.807, 2.05) is 0 Å². The lowest BCUT2D eigenvalue weighted by molar-refractivity contribution is -0.139. The number of nitrogens with two attached hydrogens (primary N) is 1. The number of carboxylic acid groups (broad SMARTS) is 1. The van der Waals surface area contributed by atoms with Crippen LogP contribution < -0.4 is 5.73 Å². The molecule has 0 heterocycles. The number of methoxy groups -OCH3 is 2. The number of rotatable bonds is 5. The van der Waals surface area contributed by atoms with E-state index in [2.05, 4.69) is 0 Å². The van der Waals surface area contributed by atoms with Crippen LogP contribution in [0.25, 0.3) is 0 Å². The van der Waals surface area contributed by atoms with Crippen LogP contribution in [0.5, 0.6) is 0 Å². The first-order valence-electron chi connectivity index (χ1n) is 5.52. The molecule has 18 heavy (non-hydrogen) atoms. The van der Waals surface area contributed by atoms with Gasteiger partial charge in [0.1, 0.15) is 11.7 Å².